The van der Waals surface area contributed by atoms with Gasteiger partial charge in [0, 0.05) is 23.1 Å². The summed E-state index contributed by atoms with van der Waals surface area (Å²) in [6, 6.07) is 18.0. The highest BCUT2D eigenvalue weighted by atomic mass is 19.4. The summed E-state index contributed by atoms with van der Waals surface area (Å²) < 4.78 is 66.8. The minimum atomic E-state index is -4.64. The third-order valence-electron chi connectivity index (χ3n) is 6.92. The number of aryl methyl sites for hydroxylation is 1. The number of benzodiazepines with no additional fused rings is 1. The largest absolute Gasteiger partial charge is 0.389 e. The van der Waals surface area contributed by atoms with E-state index in [0.717, 1.165) is 0 Å². The topological polar surface area (TPSA) is 114 Å². The summed E-state index contributed by atoms with van der Waals surface area (Å²) in [5.74, 6) is -5.94. The van der Waals surface area contributed by atoms with Crippen LogP contribution in [0.1, 0.15) is 53.0 Å². The highest BCUT2D eigenvalue weighted by Crippen LogP contribution is 2.34. The van der Waals surface area contributed by atoms with E-state index in [4.69, 9.17) is 5.73 Å². The molecule has 4 rings (SSSR count). The van der Waals surface area contributed by atoms with Crippen LogP contribution in [0.4, 0.5) is 27.6 Å². The zero-order valence-corrected chi connectivity index (χ0v) is 22.3. The van der Waals surface area contributed by atoms with E-state index in [1.165, 1.54) is 36.4 Å². The van der Waals surface area contributed by atoms with Crippen LogP contribution >= 0.6 is 0 Å². The van der Waals surface area contributed by atoms with Gasteiger partial charge < -0.3 is 16.4 Å². The van der Waals surface area contributed by atoms with Crippen LogP contribution in [0, 0.1) is 12.8 Å². The highest BCUT2D eigenvalue weighted by Gasteiger charge is 2.39. The number of hydrogen-bond donors (Lipinski definition) is 3. The maximum Gasteiger partial charge on any atom is 0.389 e. The van der Waals surface area contributed by atoms with Gasteiger partial charge >= 0.3 is 6.18 Å². The van der Waals surface area contributed by atoms with Crippen molar-refractivity contribution in [3.05, 3.63) is 101 Å². The number of anilines is 1. The first-order valence-corrected chi connectivity index (χ1v) is 12.9. The van der Waals surface area contributed by atoms with E-state index >= 15 is 0 Å². The first kappa shape index (κ1) is 30.4. The number of rotatable bonds is 9. The molecule has 3 aromatic rings. The van der Waals surface area contributed by atoms with Crippen LogP contribution in [-0.2, 0) is 14.4 Å². The number of amides is 3. The molecule has 7 nitrogen and oxygen atoms in total. The average Bonchev–Trinajstić information content (AvgIpc) is 3.07. The fourth-order valence-electron chi connectivity index (χ4n) is 4.89. The molecule has 0 saturated carbocycles. The molecule has 0 aromatic heterocycles. The van der Waals surface area contributed by atoms with Gasteiger partial charge in [0.25, 0.3) is 12.3 Å². The molecule has 0 saturated heterocycles. The Labute approximate surface area is 238 Å². The molecule has 1 aliphatic heterocycles. The lowest BCUT2D eigenvalue weighted by atomic mass is 9.81. The molecule has 0 unspecified atom stereocenters. The summed E-state index contributed by atoms with van der Waals surface area (Å²) in [7, 11) is 0. The Kier molecular flexibility index (Phi) is 9.03. The first-order chi connectivity index (χ1) is 19.9. The van der Waals surface area contributed by atoms with Crippen LogP contribution in [0.5, 0.6) is 0 Å². The van der Waals surface area contributed by atoms with E-state index in [0.29, 0.717) is 16.8 Å². The van der Waals surface area contributed by atoms with Crippen molar-refractivity contribution in [3.63, 3.8) is 0 Å². The zero-order valence-electron chi connectivity index (χ0n) is 22.3. The smallest absolute Gasteiger partial charge is 0.369 e. The van der Waals surface area contributed by atoms with Crippen LogP contribution in [-0.4, -0.2) is 35.8 Å². The van der Waals surface area contributed by atoms with E-state index in [2.05, 4.69) is 15.6 Å². The second-order valence-corrected chi connectivity index (χ2v) is 9.85. The van der Waals surface area contributed by atoms with E-state index in [9.17, 15) is 36.3 Å². The van der Waals surface area contributed by atoms with Crippen LogP contribution in [0.15, 0.2) is 77.8 Å². The lowest BCUT2D eigenvalue weighted by Crippen LogP contribution is -2.47. The van der Waals surface area contributed by atoms with Gasteiger partial charge in [-0.05, 0) is 30.5 Å². The van der Waals surface area contributed by atoms with E-state index < -0.39 is 61.2 Å². The number of halogens is 5. The van der Waals surface area contributed by atoms with Gasteiger partial charge in [0.2, 0.25) is 18.0 Å². The average molecular weight is 587 g/mol. The predicted octanol–water partition coefficient (Wildman–Crippen LogP) is 5.39. The Balaban J connectivity index is 1.77. The van der Waals surface area contributed by atoms with Gasteiger partial charge in [-0.15, -0.1) is 0 Å². The second kappa shape index (κ2) is 12.5. The number of para-hydroxylation sites is 1. The van der Waals surface area contributed by atoms with E-state index in [1.54, 1.807) is 43.3 Å². The lowest BCUT2D eigenvalue weighted by Gasteiger charge is -2.26. The van der Waals surface area contributed by atoms with Crippen LogP contribution in [0.3, 0.4) is 0 Å². The van der Waals surface area contributed by atoms with Crippen molar-refractivity contribution < 1.29 is 36.3 Å². The summed E-state index contributed by atoms with van der Waals surface area (Å²) in [6.07, 6.45) is -11.3. The number of hydrogen-bond acceptors (Lipinski definition) is 4. The van der Waals surface area contributed by atoms with Crippen LogP contribution < -0.4 is 16.4 Å². The normalized spacial score (nSPS) is 16.5. The molecule has 0 radical (unpaired) electrons. The minimum Gasteiger partial charge on any atom is -0.369 e. The summed E-state index contributed by atoms with van der Waals surface area (Å²) in [5, 5.41) is 5.05. The summed E-state index contributed by atoms with van der Waals surface area (Å²) in [4.78, 5) is 43.8. The molecule has 1 aliphatic rings. The molecule has 12 heteroatoms. The third-order valence-corrected chi connectivity index (χ3v) is 6.92. The van der Waals surface area contributed by atoms with Crippen molar-refractivity contribution in [2.75, 3.05) is 5.32 Å². The summed E-state index contributed by atoms with van der Waals surface area (Å²) in [6.45, 7) is 1.70. The summed E-state index contributed by atoms with van der Waals surface area (Å²) in [5.41, 5.74) is 7.16. The van der Waals surface area contributed by atoms with Gasteiger partial charge in [-0.1, -0.05) is 66.7 Å². The van der Waals surface area contributed by atoms with Gasteiger partial charge in [-0.2, -0.15) is 13.2 Å². The van der Waals surface area contributed by atoms with E-state index in [1.807, 2.05) is 0 Å². The molecule has 0 fully saturated rings. The highest BCUT2D eigenvalue weighted by molar-refractivity contribution is 6.20. The number of nitrogens with zero attached hydrogens (tertiary/aromatic N) is 1. The summed E-state index contributed by atoms with van der Waals surface area (Å²) >= 11 is 0. The van der Waals surface area contributed by atoms with Gasteiger partial charge in [0.05, 0.1) is 23.2 Å². The number of carbonyl (C=O) groups is 3. The SMILES string of the molecule is Cc1cccc2c1NC(=O)[C@@H](NC(=O)[C@H](CCC(F)(F)F)[C@@H](C(N)=O)c1ccccc1)N=C2c1cccc(C(F)F)c1. The Morgan fingerprint density at radius 2 is 1.67 bits per heavy atom. The number of nitrogens with one attached hydrogen (secondary N) is 2. The molecule has 0 aliphatic carbocycles. The monoisotopic (exact) mass is 586 g/mol. The van der Waals surface area contributed by atoms with Gasteiger partial charge in [0.15, 0.2) is 0 Å². The first-order valence-electron chi connectivity index (χ1n) is 12.9. The van der Waals surface area contributed by atoms with Crippen molar-refractivity contribution in [2.24, 2.45) is 16.6 Å². The number of fused-ring (bicyclic) bond motifs is 1. The fourth-order valence-corrected chi connectivity index (χ4v) is 4.89. The van der Waals surface area contributed by atoms with Crippen molar-refractivity contribution in [1.82, 2.24) is 5.32 Å². The molecule has 1 heterocycles. The molecule has 4 N–H and O–H groups in total. The molecule has 3 amide bonds. The Hall–Kier alpha value is -4.61. The van der Waals surface area contributed by atoms with Gasteiger partial charge in [-0.3, -0.25) is 14.4 Å². The number of benzene rings is 3. The quantitative estimate of drug-likeness (QED) is 0.292. The fraction of sp³-hybridized carbons (Fsp3) is 0.267. The Morgan fingerprint density at radius 3 is 2.31 bits per heavy atom. The number of alkyl halides is 5. The van der Waals surface area contributed by atoms with Crippen molar-refractivity contribution in [1.29, 1.82) is 0 Å². The van der Waals surface area contributed by atoms with Crippen LogP contribution in [0.2, 0.25) is 0 Å². The molecule has 3 aromatic carbocycles. The molecule has 3 atom stereocenters. The van der Waals surface area contributed by atoms with Crippen LogP contribution in [0.25, 0.3) is 0 Å². The van der Waals surface area contributed by atoms with Crippen molar-refractivity contribution in [3.8, 4) is 0 Å². The van der Waals surface area contributed by atoms with Gasteiger partial charge in [-0.25, -0.2) is 13.8 Å². The molecule has 0 spiro atoms. The molecule has 220 valence electrons. The number of primary amides is 1. The Bertz CT molecular complexity index is 1510. The van der Waals surface area contributed by atoms with Crippen molar-refractivity contribution in [2.45, 2.75) is 44.5 Å². The molecule has 0 bridgehead atoms. The molecule has 42 heavy (non-hydrogen) atoms. The standard InChI is InChI=1S/C30H27F5N4O3/c1-16-7-5-12-21-23(16)38-29(42)27(37-24(21)18-10-6-11-19(15-18)25(31)32)39-28(41)20(13-14-30(33,34)35)22(26(36)40)17-8-3-2-4-9-17/h2-12,15,20,22,25,27H,13-14H2,1H3,(H2,36,40)(H,38,42)(H,39,41)/t20-,22+,27-/m1/s1. The zero-order chi connectivity index (χ0) is 30.6. The Morgan fingerprint density at radius 1 is 1.00 bits per heavy atom. The van der Waals surface area contributed by atoms with Gasteiger partial charge in [0.1, 0.15) is 0 Å². The molecular formula is C30H27F5N4O3. The number of carbonyl (C=O) groups excluding carboxylic acids is 3. The number of nitrogens with two attached hydrogens (primary N) is 1. The molecular weight excluding hydrogens is 559 g/mol. The van der Waals surface area contributed by atoms with Crippen molar-refractivity contribution >= 4 is 29.1 Å². The number of aliphatic imine (C=N–C) groups is 1. The second-order valence-electron chi connectivity index (χ2n) is 9.85. The predicted molar refractivity (Wildman–Crippen MR) is 146 cm³/mol. The minimum absolute atomic E-state index is 0.0983. The third kappa shape index (κ3) is 6.99. The lowest BCUT2D eigenvalue weighted by molar-refractivity contribution is -0.144. The van der Waals surface area contributed by atoms with E-state index in [-0.39, 0.29) is 22.4 Å². The maximum absolute atomic E-state index is 13.6. The maximum atomic E-state index is 13.6.